The molecular weight excluding hydrogens is 319 g/mol. The molecule has 6 heteroatoms. The van der Waals surface area contributed by atoms with Crippen LogP contribution < -0.4 is 9.80 Å². The van der Waals surface area contributed by atoms with Gasteiger partial charge < -0.3 is 14.5 Å². The topological polar surface area (TPSA) is 41.5 Å². The Morgan fingerprint density at radius 3 is 2.64 bits per heavy atom. The molecule has 0 radical (unpaired) electrons. The number of nitrogens with zero attached hydrogens (tertiary/aromatic N) is 4. The van der Waals surface area contributed by atoms with Crippen LogP contribution in [0.4, 0.5) is 15.9 Å². The SMILES string of the molecule is CN(c1ccc(F)cc1)C1COC2(CCN(c3cnccn3)CC2)C1. The molecule has 2 aliphatic rings. The molecule has 2 aliphatic heterocycles. The minimum Gasteiger partial charge on any atom is -0.373 e. The molecule has 1 aromatic heterocycles. The number of ether oxygens (including phenoxy) is 1. The number of rotatable bonds is 3. The van der Waals surface area contributed by atoms with E-state index < -0.39 is 0 Å². The molecule has 0 aliphatic carbocycles. The summed E-state index contributed by atoms with van der Waals surface area (Å²) in [6.45, 7) is 2.59. The fourth-order valence-electron chi connectivity index (χ4n) is 3.90. The lowest BCUT2D eigenvalue weighted by Crippen LogP contribution is -2.45. The first-order valence-electron chi connectivity index (χ1n) is 8.79. The van der Waals surface area contributed by atoms with Crippen molar-refractivity contribution >= 4 is 11.5 Å². The van der Waals surface area contributed by atoms with Crippen molar-refractivity contribution in [3.63, 3.8) is 0 Å². The zero-order valence-corrected chi connectivity index (χ0v) is 14.4. The predicted octanol–water partition coefficient (Wildman–Crippen LogP) is 2.88. The second-order valence-corrected chi connectivity index (χ2v) is 6.99. The van der Waals surface area contributed by atoms with Gasteiger partial charge in [0.05, 0.1) is 24.4 Å². The highest BCUT2D eigenvalue weighted by Gasteiger charge is 2.44. The van der Waals surface area contributed by atoms with Gasteiger partial charge in [0, 0.05) is 38.2 Å². The van der Waals surface area contributed by atoms with Crippen LogP contribution in [-0.4, -0.2) is 48.4 Å². The normalized spacial score (nSPS) is 22.3. The van der Waals surface area contributed by atoms with Gasteiger partial charge in [-0.1, -0.05) is 0 Å². The van der Waals surface area contributed by atoms with Crippen molar-refractivity contribution in [3.8, 4) is 0 Å². The Labute approximate surface area is 147 Å². The van der Waals surface area contributed by atoms with Gasteiger partial charge in [-0.25, -0.2) is 9.37 Å². The van der Waals surface area contributed by atoms with E-state index in [9.17, 15) is 4.39 Å². The fraction of sp³-hybridized carbons (Fsp3) is 0.474. The molecule has 5 nitrogen and oxygen atoms in total. The Hall–Kier alpha value is -2.21. The summed E-state index contributed by atoms with van der Waals surface area (Å²) >= 11 is 0. The average Bonchev–Trinajstić information content (AvgIpc) is 3.07. The van der Waals surface area contributed by atoms with E-state index in [2.05, 4.69) is 26.8 Å². The van der Waals surface area contributed by atoms with E-state index in [1.165, 1.54) is 12.1 Å². The van der Waals surface area contributed by atoms with Crippen molar-refractivity contribution in [1.82, 2.24) is 9.97 Å². The van der Waals surface area contributed by atoms with E-state index in [1.54, 1.807) is 12.4 Å². The van der Waals surface area contributed by atoms with Gasteiger partial charge in [0.15, 0.2) is 0 Å². The molecule has 0 bridgehead atoms. The molecule has 2 saturated heterocycles. The summed E-state index contributed by atoms with van der Waals surface area (Å²) in [5.41, 5.74) is 0.988. The molecule has 1 unspecified atom stereocenters. The molecule has 25 heavy (non-hydrogen) atoms. The molecule has 3 heterocycles. The number of halogens is 1. The predicted molar refractivity (Wildman–Crippen MR) is 95.4 cm³/mol. The summed E-state index contributed by atoms with van der Waals surface area (Å²) in [4.78, 5) is 13.0. The molecule has 1 atom stereocenters. The summed E-state index contributed by atoms with van der Waals surface area (Å²) in [6, 6.07) is 7.01. The number of benzene rings is 1. The molecule has 2 fully saturated rings. The van der Waals surface area contributed by atoms with Gasteiger partial charge in [0.25, 0.3) is 0 Å². The van der Waals surface area contributed by atoms with E-state index in [0.717, 1.165) is 50.5 Å². The Morgan fingerprint density at radius 2 is 1.96 bits per heavy atom. The van der Waals surface area contributed by atoms with E-state index in [4.69, 9.17) is 4.74 Å². The van der Waals surface area contributed by atoms with Gasteiger partial charge in [0.1, 0.15) is 11.6 Å². The minimum atomic E-state index is -0.201. The largest absolute Gasteiger partial charge is 0.373 e. The van der Waals surface area contributed by atoms with Crippen LogP contribution in [0.15, 0.2) is 42.9 Å². The lowest BCUT2D eigenvalue weighted by Gasteiger charge is -2.39. The Morgan fingerprint density at radius 1 is 1.20 bits per heavy atom. The van der Waals surface area contributed by atoms with Gasteiger partial charge in [-0.05, 0) is 43.5 Å². The molecule has 0 N–H and O–H groups in total. The maximum absolute atomic E-state index is 13.1. The molecule has 0 saturated carbocycles. The Kier molecular flexibility index (Phi) is 4.29. The maximum Gasteiger partial charge on any atom is 0.147 e. The van der Waals surface area contributed by atoms with E-state index in [0.29, 0.717) is 6.04 Å². The van der Waals surface area contributed by atoms with Crippen LogP contribution in [0.3, 0.4) is 0 Å². The molecule has 132 valence electrons. The zero-order chi connectivity index (χ0) is 17.3. The van der Waals surface area contributed by atoms with Gasteiger partial charge in [-0.3, -0.25) is 4.98 Å². The molecule has 4 rings (SSSR count). The minimum absolute atomic E-state index is 0.0440. The smallest absolute Gasteiger partial charge is 0.147 e. The van der Waals surface area contributed by atoms with Gasteiger partial charge >= 0.3 is 0 Å². The highest BCUT2D eigenvalue weighted by molar-refractivity contribution is 5.47. The lowest BCUT2D eigenvalue weighted by molar-refractivity contribution is -0.0149. The summed E-state index contributed by atoms with van der Waals surface area (Å²) in [5, 5.41) is 0. The second kappa shape index (κ2) is 6.59. The van der Waals surface area contributed by atoms with Crippen LogP contribution in [-0.2, 0) is 4.74 Å². The molecule has 1 spiro atoms. The number of anilines is 2. The summed E-state index contributed by atoms with van der Waals surface area (Å²) in [6.07, 6.45) is 8.26. The monoisotopic (exact) mass is 342 g/mol. The van der Waals surface area contributed by atoms with E-state index >= 15 is 0 Å². The highest BCUT2D eigenvalue weighted by Crippen LogP contribution is 2.39. The van der Waals surface area contributed by atoms with Crippen molar-refractivity contribution in [2.75, 3.05) is 36.5 Å². The van der Waals surface area contributed by atoms with Crippen molar-refractivity contribution < 1.29 is 9.13 Å². The first-order chi connectivity index (χ1) is 12.2. The average molecular weight is 342 g/mol. The fourth-order valence-corrected chi connectivity index (χ4v) is 3.90. The van der Waals surface area contributed by atoms with Gasteiger partial charge in [0.2, 0.25) is 0 Å². The number of hydrogen-bond donors (Lipinski definition) is 0. The van der Waals surface area contributed by atoms with Crippen molar-refractivity contribution in [3.05, 3.63) is 48.7 Å². The third-order valence-electron chi connectivity index (χ3n) is 5.52. The van der Waals surface area contributed by atoms with Crippen molar-refractivity contribution in [2.24, 2.45) is 0 Å². The quantitative estimate of drug-likeness (QED) is 0.858. The van der Waals surface area contributed by atoms with Crippen molar-refractivity contribution in [2.45, 2.75) is 30.9 Å². The zero-order valence-electron chi connectivity index (χ0n) is 14.4. The third kappa shape index (κ3) is 3.31. The van der Waals surface area contributed by atoms with E-state index in [1.807, 2.05) is 18.3 Å². The second-order valence-electron chi connectivity index (χ2n) is 6.99. The third-order valence-corrected chi connectivity index (χ3v) is 5.52. The van der Waals surface area contributed by atoms with Crippen LogP contribution >= 0.6 is 0 Å². The first-order valence-corrected chi connectivity index (χ1v) is 8.79. The van der Waals surface area contributed by atoms with E-state index in [-0.39, 0.29) is 11.4 Å². The molecular formula is C19H23FN4O. The molecule has 0 amide bonds. The van der Waals surface area contributed by atoms with Crippen LogP contribution in [0.2, 0.25) is 0 Å². The number of hydrogen-bond acceptors (Lipinski definition) is 5. The summed E-state index contributed by atoms with van der Waals surface area (Å²) in [7, 11) is 2.06. The highest BCUT2D eigenvalue weighted by atomic mass is 19.1. The lowest BCUT2D eigenvalue weighted by atomic mass is 9.87. The summed E-state index contributed by atoms with van der Waals surface area (Å²) in [5.74, 6) is 0.739. The maximum atomic E-state index is 13.1. The van der Waals surface area contributed by atoms with Gasteiger partial charge in [-0.15, -0.1) is 0 Å². The first kappa shape index (κ1) is 16.3. The number of piperidine rings is 1. The molecule has 1 aromatic carbocycles. The standard InChI is InChI=1S/C19H23FN4O/c1-23(16-4-2-15(20)3-5-16)17-12-19(25-14-17)6-10-24(11-7-19)18-13-21-8-9-22-18/h2-5,8-9,13,17H,6-7,10-12,14H2,1H3. The number of likely N-dealkylation sites (N-methyl/N-ethyl adjacent to an activating group) is 1. The van der Waals surface area contributed by atoms with Crippen molar-refractivity contribution in [1.29, 1.82) is 0 Å². The molecule has 2 aromatic rings. The number of aromatic nitrogens is 2. The Bertz CT molecular complexity index is 701. The van der Waals surface area contributed by atoms with Crippen LogP contribution in [0, 0.1) is 5.82 Å². The Balaban J connectivity index is 1.38. The van der Waals surface area contributed by atoms with Crippen LogP contribution in [0.1, 0.15) is 19.3 Å². The van der Waals surface area contributed by atoms with Crippen LogP contribution in [0.25, 0.3) is 0 Å². The van der Waals surface area contributed by atoms with Gasteiger partial charge in [-0.2, -0.15) is 0 Å². The summed E-state index contributed by atoms with van der Waals surface area (Å²) < 4.78 is 19.4. The van der Waals surface area contributed by atoms with Crippen LogP contribution in [0.5, 0.6) is 0 Å².